The Bertz CT molecular complexity index is 815. The first-order valence-corrected chi connectivity index (χ1v) is 9.64. The van der Waals surface area contributed by atoms with Crippen LogP contribution < -0.4 is 10.4 Å². The Morgan fingerprint density at radius 3 is 2.59 bits per heavy atom. The molecule has 6 nitrogen and oxygen atoms in total. The summed E-state index contributed by atoms with van der Waals surface area (Å²) >= 11 is 0. The van der Waals surface area contributed by atoms with E-state index in [1.54, 1.807) is 29.2 Å². The predicted molar refractivity (Wildman–Crippen MR) is 102 cm³/mol. The number of carbonyl (C=O) groups is 3. The van der Waals surface area contributed by atoms with Crippen molar-refractivity contribution in [3.8, 4) is 0 Å². The Balaban J connectivity index is 1.56. The first-order chi connectivity index (χ1) is 13.0. The average Bonchev–Trinajstić information content (AvgIpc) is 3.54. The Hall–Kier alpha value is -2.63. The van der Waals surface area contributed by atoms with Crippen LogP contribution in [0.15, 0.2) is 36.4 Å². The van der Waals surface area contributed by atoms with Crippen molar-refractivity contribution in [1.82, 2.24) is 10.3 Å². The smallest absolute Gasteiger partial charge is 0.253 e. The van der Waals surface area contributed by atoms with E-state index in [-0.39, 0.29) is 35.6 Å². The standard InChI is InChI=1S/C21H25N3O3/c1-13(14-10-11-14)23(2)20(26)15-6-5-7-16(12-15)24-21(27)18-9-4-3-8-17(18)19(25)22-24/h3-7,12-14,17-18H,8-11H2,1-2H3,(H,22,25). The van der Waals surface area contributed by atoms with E-state index in [0.717, 1.165) is 0 Å². The molecule has 1 N–H and O–H groups in total. The number of nitrogens with zero attached hydrogens (tertiary/aromatic N) is 2. The van der Waals surface area contributed by atoms with Gasteiger partial charge in [-0.3, -0.25) is 19.8 Å². The van der Waals surface area contributed by atoms with Gasteiger partial charge >= 0.3 is 0 Å². The van der Waals surface area contributed by atoms with E-state index in [1.165, 1.54) is 17.9 Å². The summed E-state index contributed by atoms with van der Waals surface area (Å²) in [5.41, 5.74) is 3.76. The van der Waals surface area contributed by atoms with Crippen LogP contribution in [-0.4, -0.2) is 35.7 Å². The predicted octanol–water partition coefficient (Wildman–Crippen LogP) is 2.52. The minimum atomic E-state index is -0.333. The first kappa shape index (κ1) is 17.8. The Kier molecular flexibility index (Phi) is 4.50. The lowest BCUT2D eigenvalue weighted by Gasteiger charge is -2.38. The van der Waals surface area contributed by atoms with Crippen LogP contribution in [0, 0.1) is 17.8 Å². The highest BCUT2D eigenvalue weighted by Gasteiger charge is 2.42. The summed E-state index contributed by atoms with van der Waals surface area (Å²) < 4.78 is 0. The molecule has 1 aromatic rings. The third-order valence-electron chi connectivity index (χ3n) is 6.12. The zero-order chi connectivity index (χ0) is 19.1. The monoisotopic (exact) mass is 367 g/mol. The number of allylic oxidation sites excluding steroid dienone is 2. The molecule has 1 saturated carbocycles. The summed E-state index contributed by atoms with van der Waals surface area (Å²) in [6.45, 7) is 2.07. The number of hydrogen-bond donors (Lipinski definition) is 1. The van der Waals surface area contributed by atoms with Crippen molar-refractivity contribution in [2.24, 2.45) is 17.8 Å². The van der Waals surface area contributed by atoms with E-state index in [4.69, 9.17) is 0 Å². The van der Waals surface area contributed by atoms with E-state index in [2.05, 4.69) is 12.3 Å². The fourth-order valence-corrected chi connectivity index (χ4v) is 4.04. The molecule has 4 rings (SSSR count). The lowest BCUT2D eigenvalue weighted by molar-refractivity contribution is -0.139. The normalized spacial score (nSPS) is 25.6. The van der Waals surface area contributed by atoms with Gasteiger partial charge in [0.1, 0.15) is 0 Å². The van der Waals surface area contributed by atoms with Crippen LogP contribution in [0.3, 0.4) is 0 Å². The molecule has 2 fully saturated rings. The van der Waals surface area contributed by atoms with Crippen LogP contribution in [-0.2, 0) is 9.59 Å². The van der Waals surface area contributed by atoms with Crippen LogP contribution >= 0.6 is 0 Å². The molecule has 1 saturated heterocycles. The molecule has 0 aromatic heterocycles. The van der Waals surface area contributed by atoms with E-state index >= 15 is 0 Å². The van der Waals surface area contributed by atoms with E-state index in [1.807, 2.05) is 19.2 Å². The van der Waals surface area contributed by atoms with Crippen molar-refractivity contribution in [3.63, 3.8) is 0 Å². The van der Waals surface area contributed by atoms with E-state index in [9.17, 15) is 14.4 Å². The van der Waals surface area contributed by atoms with Gasteiger partial charge in [0.05, 0.1) is 17.5 Å². The van der Waals surface area contributed by atoms with Gasteiger partial charge in [0, 0.05) is 18.7 Å². The van der Waals surface area contributed by atoms with Crippen molar-refractivity contribution < 1.29 is 14.4 Å². The van der Waals surface area contributed by atoms with Crippen molar-refractivity contribution in [1.29, 1.82) is 0 Å². The highest BCUT2D eigenvalue weighted by Crippen LogP contribution is 2.35. The minimum Gasteiger partial charge on any atom is -0.339 e. The maximum Gasteiger partial charge on any atom is 0.253 e. The molecule has 3 aliphatic rings. The third-order valence-corrected chi connectivity index (χ3v) is 6.12. The molecule has 27 heavy (non-hydrogen) atoms. The molecule has 0 radical (unpaired) electrons. The molecule has 1 heterocycles. The second-order valence-electron chi connectivity index (χ2n) is 7.85. The number of amides is 3. The van der Waals surface area contributed by atoms with Crippen LogP contribution in [0.4, 0.5) is 5.69 Å². The number of rotatable bonds is 4. The second-order valence-corrected chi connectivity index (χ2v) is 7.85. The molecule has 0 bridgehead atoms. The number of fused-ring (bicyclic) bond motifs is 1. The van der Waals surface area contributed by atoms with Gasteiger partial charge < -0.3 is 4.90 Å². The van der Waals surface area contributed by atoms with Crippen LogP contribution in [0.5, 0.6) is 0 Å². The molecular formula is C21H25N3O3. The molecule has 1 aromatic carbocycles. The second kappa shape index (κ2) is 6.83. The summed E-state index contributed by atoms with van der Waals surface area (Å²) in [6.07, 6.45) is 7.43. The number of anilines is 1. The maximum absolute atomic E-state index is 12.9. The van der Waals surface area contributed by atoms with Crippen LogP contribution in [0.1, 0.15) is 43.0 Å². The summed E-state index contributed by atoms with van der Waals surface area (Å²) in [5, 5.41) is 1.31. The Morgan fingerprint density at radius 2 is 1.89 bits per heavy atom. The summed E-state index contributed by atoms with van der Waals surface area (Å²) in [5.74, 6) is -0.366. The number of carbonyl (C=O) groups excluding carboxylic acids is 3. The zero-order valence-electron chi connectivity index (χ0n) is 15.7. The molecule has 3 amide bonds. The topological polar surface area (TPSA) is 69.7 Å². The number of hydrogen-bond acceptors (Lipinski definition) is 3. The third kappa shape index (κ3) is 3.24. The number of nitrogens with one attached hydrogen (secondary N) is 1. The van der Waals surface area contributed by atoms with Gasteiger partial charge in [-0.15, -0.1) is 0 Å². The van der Waals surface area contributed by atoms with Gasteiger partial charge in [-0.2, -0.15) is 0 Å². The van der Waals surface area contributed by atoms with E-state index in [0.29, 0.717) is 30.0 Å². The first-order valence-electron chi connectivity index (χ1n) is 9.64. The molecule has 3 unspecified atom stereocenters. The molecule has 2 aliphatic carbocycles. The van der Waals surface area contributed by atoms with Crippen LogP contribution in [0.2, 0.25) is 0 Å². The van der Waals surface area contributed by atoms with Gasteiger partial charge in [0.15, 0.2) is 0 Å². The molecule has 142 valence electrons. The molecule has 6 heteroatoms. The average molecular weight is 367 g/mol. The van der Waals surface area contributed by atoms with Crippen molar-refractivity contribution in [3.05, 3.63) is 42.0 Å². The number of hydrazine groups is 1. The summed E-state index contributed by atoms with van der Waals surface area (Å²) in [4.78, 5) is 40.0. The van der Waals surface area contributed by atoms with Crippen LogP contribution in [0.25, 0.3) is 0 Å². The lowest BCUT2D eigenvalue weighted by Crippen LogP contribution is -2.59. The fraction of sp³-hybridized carbons (Fsp3) is 0.476. The van der Waals surface area contributed by atoms with Crippen molar-refractivity contribution in [2.45, 2.75) is 38.6 Å². The highest BCUT2D eigenvalue weighted by atomic mass is 16.2. The zero-order valence-corrected chi connectivity index (χ0v) is 15.7. The lowest BCUT2D eigenvalue weighted by atomic mass is 9.80. The maximum atomic E-state index is 12.9. The van der Waals surface area contributed by atoms with E-state index < -0.39 is 0 Å². The Labute approximate surface area is 159 Å². The summed E-state index contributed by atoms with van der Waals surface area (Å²) in [7, 11) is 1.82. The largest absolute Gasteiger partial charge is 0.339 e. The molecular weight excluding hydrogens is 342 g/mol. The number of benzene rings is 1. The van der Waals surface area contributed by atoms with Gasteiger partial charge in [0.2, 0.25) is 11.8 Å². The van der Waals surface area contributed by atoms with Crippen molar-refractivity contribution >= 4 is 23.4 Å². The SMILES string of the molecule is CC(C1CC1)N(C)C(=O)c1cccc(N2NC(=O)C3CC=CCC3C2=O)c1. The summed E-state index contributed by atoms with van der Waals surface area (Å²) in [6, 6.07) is 7.15. The molecule has 3 atom stereocenters. The Morgan fingerprint density at radius 1 is 1.19 bits per heavy atom. The van der Waals surface area contributed by atoms with Gasteiger partial charge in [-0.1, -0.05) is 18.2 Å². The van der Waals surface area contributed by atoms with Crippen molar-refractivity contribution in [2.75, 3.05) is 12.1 Å². The fourth-order valence-electron chi connectivity index (χ4n) is 4.04. The van der Waals surface area contributed by atoms with Gasteiger partial charge in [-0.05, 0) is 56.7 Å². The molecule has 0 spiro atoms. The molecule has 1 aliphatic heterocycles. The minimum absolute atomic E-state index is 0.0643. The highest BCUT2D eigenvalue weighted by molar-refractivity contribution is 6.05. The van der Waals surface area contributed by atoms with Gasteiger partial charge in [-0.25, -0.2) is 5.01 Å². The van der Waals surface area contributed by atoms with Gasteiger partial charge in [0.25, 0.3) is 5.91 Å². The quantitative estimate of drug-likeness (QED) is 0.832.